The third kappa shape index (κ3) is 1.59. The molecule has 0 spiro atoms. The Morgan fingerprint density at radius 1 is 1.27 bits per heavy atom. The Labute approximate surface area is 84.0 Å². The number of anilines is 1. The molecule has 0 saturated heterocycles. The van der Waals surface area contributed by atoms with Crippen molar-refractivity contribution in [3.05, 3.63) is 24.4 Å². The normalized spacial score (nSPS) is 10.1. The molecule has 8 heteroatoms. The standard InChI is InChI=1S/C7H7N7O/c8-5(15)4-6(11-2-1-10-4)14-3-12-7(9)13-14/h1-3H,(H2,8,15)(H2,9,13). The minimum Gasteiger partial charge on any atom is -0.366 e. The van der Waals surface area contributed by atoms with Gasteiger partial charge in [-0.1, -0.05) is 0 Å². The summed E-state index contributed by atoms with van der Waals surface area (Å²) < 4.78 is 1.24. The van der Waals surface area contributed by atoms with Crippen LogP contribution in [0.25, 0.3) is 5.82 Å². The summed E-state index contributed by atoms with van der Waals surface area (Å²) in [5.41, 5.74) is 10.5. The van der Waals surface area contributed by atoms with E-state index in [0.29, 0.717) is 0 Å². The molecule has 0 fully saturated rings. The van der Waals surface area contributed by atoms with E-state index in [1.807, 2.05) is 0 Å². The fraction of sp³-hybridized carbons (Fsp3) is 0. The Balaban J connectivity index is 2.57. The minimum atomic E-state index is -0.688. The second-order valence-electron chi connectivity index (χ2n) is 2.64. The van der Waals surface area contributed by atoms with Gasteiger partial charge < -0.3 is 11.5 Å². The minimum absolute atomic E-state index is 0.0161. The molecule has 2 rings (SSSR count). The molecule has 0 atom stereocenters. The van der Waals surface area contributed by atoms with Gasteiger partial charge in [-0.3, -0.25) is 4.79 Å². The predicted molar refractivity (Wildman–Crippen MR) is 49.9 cm³/mol. The SMILES string of the molecule is NC(=O)c1nccnc1-n1cnc(N)n1. The lowest BCUT2D eigenvalue weighted by molar-refractivity contribution is 0.0995. The number of carbonyl (C=O) groups excluding carboxylic acids is 1. The van der Waals surface area contributed by atoms with Gasteiger partial charge in [0.1, 0.15) is 6.33 Å². The van der Waals surface area contributed by atoms with Gasteiger partial charge in [0, 0.05) is 12.4 Å². The van der Waals surface area contributed by atoms with Crippen LogP contribution >= 0.6 is 0 Å². The van der Waals surface area contributed by atoms with Crippen LogP contribution in [-0.4, -0.2) is 30.6 Å². The molecule has 0 aliphatic rings. The maximum absolute atomic E-state index is 11.0. The van der Waals surface area contributed by atoms with E-state index in [1.54, 1.807) is 0 Å². The third-order valence-electron chi connectivity index (χ3n) is 1.64. The first-order valence-electron chi connectivity index (χ1n) is 3.97. The van der Waals surface area contributed by atoms with Crippen LogP contribution in [0.5, 0.6) is 0 Å². The zero-order valence-electron chi connectivity index (χ0n) is 7.53. The van der Waals surface area contributed by atoms with Gasteiger partial charge in [0.05, 0.1) is 0 Å². The summed E-state index contributed by atoms with van der Waals surface area (Å²) in [6.45, 7) is 0. The maximum atomic E-state index is 11.0. The average Bonchev–Trinajstić information content (AvgIpc) is 2.65. The van der Waals surface area contributed by atoms with Crippen molar-refractivity contribution in [2.45, 2.75) is 0 Å². The van der Waals surface area contributed by atoms with Crippen molar-refractivity contribution in [1.29, 1.82) is 0 Å². The van der Waals surface area contributed by atoms with Crippen LogP contribution in [0.1, 0.15) is 10.5 Å². The van der Waals surface area contributed by atoms with Gasteiger partial charge in [-0.25, -0.2) is 15.0 Å². The predicted octanol–water partition coefficient (Wildman–Crippen LogP) is -1.26. The van der Waals surface area contributed by atoms with Crippen LogP contribution in [0.2, 0.25) is 0 Å². The van der Waals surface area contributed by atoms with E-state index in [0.717, 1.165) is 0 Å². The largest absolute Gasteiger partial charge is 0.366 e. The van der Waals surface area contributed by atoms with Crippen molar-refractivity contribution in [1.82, 2.24) is 24.7 Å². The van der Waals surface area contributed by atoms with Crippen LogP contribution < -0.4 is 11.5 Å². The molecule has 0 aliphatic carbocycles. The Kier molecular flexibility index (Phi) is 2.01. The summed E-state index contributed by atoms with van der Waals surface area (Å²) in [6.07, 6.45) is 4.11. The lowest BCUT2D eigenvalue weighted by atomic mass is 10.4. The smallest absolute Gasteiger partial charge is 0.271 e. The average molecular weight is 205 g/mol. The van der Waals surface area contributed by atoms with Gasteiger partial charge in [0.25, 0.3) is 5.91 Å². The fourth-order valence-corrected chi connectivity index (χ4v) is 1.05. The number of nitrogen functional groups attached to an aromatic ring is 1. The van der Waals surface area contributed by atoms with Crippen molar-refractivity contribution in [3.8, 4) is 5.82 Å². The molecule has 0 unspecified atom stereocenters. The van der Waals surface area contributed by atoms with Crippen LogP contribution in [-0.2, 0) is 0 Å². The summed E-state index contributed by atoms with van der Waals surface area (Å²) in [6, 6.07) is 0. The van der Waals surface area contributed by atoms with E-state index >= 15 is 0 Å². The topological polar surface area (TPSA) is 126 Å². The van der Waals surface area contributed by atoms with E-state index in [-0.39, 0.29) is 17.5 Å². The molecular weight excluding hydrogens is 198 g/mol. The van der Waals surface area contributed by atoms with E-state index in [1.165, 1.54) is 23.4 Å². The van der Waals surface area contributed by atoms with Crippen LogP contribution in [0.15, 0.2) is 18.7 Å². The number of aromatic nitrogens is 5. The zero-order chi connectivity index (χ0) is 10.8. The molecule has 2 aromatic rings. The number of hydrogen-bond donors (Lipinski definition) is 2. The molecule has 1 amide bonds. The highest BCUT2D eigenvalue weighted by Crippen LogP contribution is 2.06. The Hall–Kier alpha value is -2.51. The van der Waals surface area contributed by atoms with Crippen molar-refractivity contribution in [2.75, 3.05) is 5.73 Å². The fourth-order valence-electron chi connectivity index (χ4n) is 1.05. The molecule has 2 aromatic heterocycles. The molecule has 8 nitrogen and oxygen atoms in total. The number of hydrogen-bond acceptors (Lipinski definition) is 6. The molecular formula is C7H7N7O. The lowest BCUT2D eigenvalue weighted by Crippen LogP contribution is -2.18. The number of carbonyl (C=O) groups is 1. The van der Waals surface area contributed by atoms with E-state index in [2.05, 4.69) is 20.1 Å². The van der Waals surface area contributed by atoms with Crippen LogP contribution in [0, 0.1) is 0 Å². The number of rotatable bonds is 2. The molecule has 15 heavy (non-hydrogen) atoms. The summed E-state index contributed by atoms with van der Waals surface area (Å²) in [5.74, 6) is -0.405. The summed E-state index contributed by atoms with van der Waals surface area (Å²) >= 11 is 0. The second kappa shape index (κ2) is 3.33. The molecule has 0 radical (unpaired) electrons. The van der Waals surface area contributed by atoms with Crippen LogP contribution in [0.3, 0.4) is 0 Å². The van der Waals surface area contributed by atoms with Gasteiger partial charge in [0.15, 0.2) is 11.5 Å². The molecule has 0 aliphatic heterocycles. The van der Waals surface area contributed by atoms with Crippen LogP contribution in [0.4, 0.5) is 5.95 Å². The molecule has 0 bridgehead atoms. The highest BCUT2D eigenvalue weighted by molar-refractivity contribution is 5.93. The molecule has 0 aromatic carbocycles. The van der Waals surface area contributed by atoms with Gasteiger partial charge in [-0.2, -0.15) is 4.68 Å². The lowest BCUT2D eigenvalue weighted by Gasteiger charge is -2.01. The van der Waals surface area contributed by atoms with E-state index in [4.69, 9.17) is 11.5 Å². The van der Waals surface area contributed by atoms with E-state index in [9.17, 15) is 4.79 Å². The van der Waals surface area contributed by atoms with E-state index < -0.39 is 5.91 Å². The number of nitrogens with zero attached hydrogens (tertiary/aromatic N) is 5. The van der Waals surface area contributed by atoms with Gasteiger partial charge >= 0.3 is 0 Å². The highest BCUT2D eigenvalue weighted by Gasteiger charge is 2.13. The molecule has 76 valence electrons. The first-order chi connectivity index (χ1) is 7.18. The quantitative estimate of drug-likeness (QED) is 0.630. The molecule has 0 saturated carbocycles. The monoisotopic (exact) mass is 205 g/mol. The Bertz CT molecular complexity index is 506. The van der Waals surface area contributed by atoms with Crippen molar-refractivity contribution < 1.29 is 4.79 Å². The number of nitrogens with two attached hydrogens (primary N) is 2. The van der Waals surface area contributed by atoms with Gasteiger partial charge in [0.2, 0.25) is 5.95 Å². The van der Waals surface area contributed by atoms with Crippen molar-refractivity contribution in [3.63, 3.8) is 0 Å². The van der Waals surface area contributed by atoms with Gasteiger partial charge in [-0.15, -0.1) is 5.10 Å². The first kappa shape index (κ1) is 9.06. The molecule has 2 heterocycles. The third-order valence-corrected chi connectivity index (χ3v) is 1.64. The second-order valence-corrected chi connectivity index (χ2v) is 2.64. The number of primary amides is 1. The molecule has 4 N–H and O–H groups in total. The summed E-state index contributed by atoms with van der Waals surface area (Å²) in [4.78, 5) is 22.5. The maximum Gasteiger partial charge on any atom is 0.271 e. The highest BCUT2D eigenvalue weighted by atomic mass is 16.1. The number of amides is 1. The van der Waals surface area contributed by atoms with Gasteiger partial charge in [-0.05, 0) is 0 Å². The first-order valence-corrected chi connectivity index (χ1v) is 3.97. The Morgan fingerprint density at radius 3 is 2.60 bits per heavy atom. The summed E-state index contributed by atoms with van der Waals surface area (Å²) in [7, 11) is 0. The Morgan fingerprint density at radius 2 is 2.00 bits per heavy atom. The van der Waals surface area contributed by atoms with Crippen molar-refractivity contribution >= 4 is 11.9 Å². The zero-order valence-corrected chi connectivity index (χ0v) is 7.53. The van der Waals surface area contributed by atoms with Crippen molar-refractivity contribution in [2.24, 2.45) is 5.73 Å². The summed E-state index contributed by atoms with van der Waals surface area (Å²) in [5, 5.41) is 3.80.